The number of imidazole rings is 1. The molecule has 1 aliphatic heterocycles. The quantitative estimate of drug-likeness (QED) is 0.248. The second kappa shape index (κ2) is 10.8. The monoisotopic (exact) mass is 551 g/mol. The van der Waals surface area contributed by atoms with E-state index in [1.165, 1.54) is 24.7 Å². The fourth-order valence-corrected chi connectivity index (χ4v) is 5.54. The van der Waals surface area contributed by atoms with Gasteiger partial charge in [-0.15, -0.1) is 0 Å². The molecule has 15 heteroatoms. The molecule has 1 fully saturated rings. The maximum absolute atomic E-state index is 15.7. The number of hydrogen-bond donors (Lipinski definition) is 3. The zero-order valence-electron chi connectivity index (χ0n) is 21.4. The van der Waals surface area contributed by atoms with Crippen molar-refractivity contribution in [2.45, 2.75) is 64.3 Å². The highest BCUT2D eigenvalue weighted by atomic mass is 31.2. The van der Waals surface area contributed by atoms with Crippen LogP contribution in [0.25, 0.3) is 11.2 Å². The van der Waals surface area contributed by atoms with Gasteiger partial charge in [0, 0.05) is 6.42 Å². The SMILES string of the molecule is CC(C)OC(=O)C(C)NP(=O)(OCC1CC(C)(F)C(n2cnc3c(N)nc(N)nc32)O1)Oc1ccccc1. The van der Waals surface area contributed by atoms with Crippen molar-refractivity contribution >= 4 is 36.6 Å². The van der Waals surface area contributed by atoms with Crippen molar-refractivity contribution < 1.29 is 32.3 Å². The van der Waals surface area contributed by atoms with Crippen LogP contribution >= 0.6 is 7.75 Å². The average Bonchev–Trinajstić information content (AvgIpc) is 3.37. The number of nitrogens with zero attached hydrogens (tertiary/aromatic N) is 4. The summed E-state index contributed by atoms with van der Waals surface area (Å²) in [6, 6.07) is 7.28. The molecule has 0 spiro atoms. The molecule has 0 bridgehead atoms. The van der Waals surface area contributed by atoms with Crippen LogP contribution in [-0.4, -0.2) is 56.0 Å². The molecular weight excluding hydrogens is 520 g/mol. The normalized spacial score (nSPS) is 23.8. The highest BCUT2D eigenvalue weighted by molar-refractivity contribution is 7.52. The van der Waals surface area contributed by atoms with Crippen molar-refractivity contribution in [3.05, 3.63) is 36.7 Å². The minimum Gasteiger partial charge on any atom is -0.462 e. The number of halogens is 1. The number of esters is 1. The summed E-state index contributed by atoms with van der Waals surface area (Å²) in [7, 11) is -4.15. The number of nitrogen functional groups attached to an aromatic ring is 2. The lowest BCUT2D eigenvalue weighted by Gasteiger charge is -2.24. The van der Waals surface area contributed by atoms with E-state index in [0.29, 0.717) is 0 Å². The molecule has 0 radical (unpaired) electrons. The van der Waals surface area contributed by atoms with E-state index in [0.717, 1.165) is 0 Å². The van der Waals surface area contributed by atoms with Gasteiger partial charge in [0.2, 0.25) is 5.95 Å². The Morgan fingerprint density at radius 3 is 2.68 bits per heavy atom. The number of ether oxygens (including phenoxy) is 2. The van der Waals surface area contributed by atoms with E-state index in [-0.39, 0.29) is 47.8 Å². The molecule has 13 nitrogen and oxygen atoms in total. The number of nitrogens with two attached hydrogens (primary N) is 2. The topological polar surface area (TPSA) is 179 Å². The second-order valence-electron chi connectivity index (χ2n) is 9.42. The highest BCUT2D eigenvalue weighted by Gasteiger charge is 2.48. The Morgan fingerprint density at radius 2 is 2.00 bits per heavy atom. The Labute approximate surface area is 218 Å². The Bertz CT molecular complexity index is 1340. The summed E-state index contributed by atoms with van der Waals surface area (Å²) in [6.07, 6.45) is -1.13. The first-order valence-corrected chi connectivity index (χ1v) is 13.5. The van der Waals surface area contributed by atoms with E-state index in [9.17, 15) is 9.36 Å². The van der Waals surface area contributed by atoms with Gasteiger partial charge >= 0.3 is 13.7 Å². The fourth-order valence-electron chi connectivity index (χ4n) is 4.02. The number of carbonyl (C=O) groups excluding carboxylic acids is 1. The zero-order chi connectivity index (χ0) is 27.7. The van der Waals surface area contributed by atoms with Crippen LogP contribution in [0, 0.1) is 0 Å². The Balaban J connectivity index is 1.51. The predicted molar refractivity (Wildman–Crippen MR) is 137 cm³/mol. The average molecular weight is 552 g/mol. The van der Waals surface area contributed by atoms with Gasteiger partial charge in [-0.1, -0.05) is 18.2 Å². The van der Waals surface area contributed by atoms with Crippen LogP contribution in [0.5, 0.6) is 5.75 Å². The molecule has 1 aromatic carbocycles. The van der Waals surface area contributed by atoms with Gasteiger partial charge in [0.25, 0.3) is 0 Å². The molecule has 0 aliphatic carbocycles. The largest absolute Gasteiger partial charge is 0.462 e. The standard InChI is InChI=1S/C23H31FN7O6P/c1-13(2)35-20(32)14(3)30-38(33,37-15-8-6-5-7-9-15)34-11-16-10-23(4,24)21(36-16)31-12-27-17-18(25)28-22(26)29-19(17)31/h5-9,12-14,16,21H,10-11H2,1-4H3,(H,30,33)(H4,25,26,28,29). The molecule has 2 aromatic heterocycles. The Kier molecular flexibility index (Phi) is 7.88. The first-order valence-electron chi connectivity index (χ1n) is 11.9. The van der Waals surface area contributed by atoms with E-state index in [2.05, 4.69) is 20.0 Å². The van der Waals surface area contributed by atoms with Crippen molar-refractivity contribution in [1.82, 2.24) is 24.6 Å². The summed E-state index contributed by atoms with van der Waals surface area (Å²) in [5.41, 5.74) is 10.2. The molecule has 4 rings (SSSR count). The maximum atomic E-state index is 15.7. The molecule has 5 atom stereocenters. The molecular formula is C23H31FN7O6P. The molecule has 3 aromatic rings. The number of para-hydroxylation sites is 1. The van der Waals surface area contributed by atoms with Crippen LogP contribution in [0.1, 0.15) is 40.3 Å². The summed E-state index contributed by atoms with van der Waals surface area (Å²) in [5, 5.41) is 2.59. The number of aromatic nitrogens is 4. The molecule has 3 heterocycles. The Hall–Kier alpha value is -3.32. The van der Waals surface area contributed by atoms with Gasteiger partial charge in [0.15, 0.2) is 23.4 Å². The lowest BCUT2D eigenvalue weighted by Crippen LogP contribution is -2.36. The van der Waals surface area contributed by atoms with Gasteiger partial charge in [-0.2, -0.15) is 15.1 Å². The van der Waals surface area contributed by atoms with Crippen molar-refractivity contribution in [3.8, 4) is 5.75 Å². The van der Waals surface area contributed by atoms with Crippen molar-refractivity contribution in [2.75, 3.05) is 18.1 Å². The van der Waals surface area contributed by atoms with E-state index in [1.807, 2.05) is 0 Å². The van der Waals surface area contributed by atoms with Gasteiger partial charge < -0.3 is 25.5 Å². The van der Waals surface area contributed by atoms with Gasteiger partial charge in [-0.05, 0) is 39.8 Å². The van der Waals surface area contributed by atoms with E-state index < -0.39 is 37.8 Å². The van der Waals surface area contributed by atoms with E-state index >= 15 is 4.39 Å². The van der Waals surface area contributed by atoms with Gasteiger partial charge in [0.1, 0.15) is 17.3 Å². The number of rotatable bonds is 10. The molecule has 5 unspecified atom stereocenters. The van der Waals surface area contributed by atoms with Crippen LogP contribution in [0.3, 0.4) is 0 Å². The number of anilines is 2. The predicted octanol–water partition coefficient (Wildman–Crippen LogP) is 3.14. The summed E-state index contributed by atoms with van der Waals surface area (Å²) in [6.45, 7) is 5.91. The molecule has 0 amide bonds. The van der Waals surface area contributed by atoms with Crippen molar-refractivity contribution in [3.63, 3.8) is 0 Å². The molecule has 1 aliphatic rings. The first kappa shape index (κ1) is 27.7. The van der Waals surface area contributed by atoms with Crippen LogP contribution in [0.2, 0.25) is 0 Å². The minimum absolute atomic E-state index is 0.0554. The summed E-state index contributed by atoms with van der Waals surface area (Å²) in [4.78, 5) is 24.5. The molecule has 1 saturated heterocycles. The minimum atomic E-state index is -4.15. The third kappa shape index (κ3) is 6.21. The zero-order valence-corrected chi connectivity index (χ0v) is 22.3. The number of hydrogen-bond acceptors (Lipinski definition) is 11. The lowest BCUT2D eigenvalue weighted by molar-refractivity contribution is -0.149. The van der Waals surface area contributed by atoms with Crippen LogP contribution in [-0.2, 0) is 23.4 Å². The first-order chi connectivity index (χ1) is 17.9. The van der Waals surface area contributed by atoms with Crippen LogP contribution in [0.15, 0.2) is 36.7 Å². The number of fused-ring (bicyclic) bond motifs is 1. The van der Waals surface area contributed by atoms with Gasteiger partial charge in [-0.25, -0.2) is 13.9 Å². The van der Waals surface area contributed by atoms with Gasteiger partial charge in [-0.3, -0.25) is 13.9 Å². The lowest BCUT2D eigenvalue weighted by atomic mass is 10.0. The molecule has 38 heavy (non-hydrogen) atoms. The number of alkyl halides is 1. The molecule has 206 valence electrons. The summed E-state index contributed by atoms with van der Waals surface area (Å²) < 4.78 is 53.2. The summed E-state index contributed by atoms with van der Waals surface area (Å²) >= 11 is 0. The fraction of sp³-hybridized carbons (Fsp3) is 0.478. The van der Waals surface area contributed by atoms with Crippen molar-refractivity contribution in [2.24, 2.45) is 0 Å². The van der Waals surface area contributed by atoms with E-state index in [4.69, 9.17) is 30.0 Å². The molecule has 5 N–H and O–H groups in total. The van der Waals surface area contributed by atoms with Crippen molar-refractivity contribution in [1.29, 1.82) is 0 Å². The maximum Gasteiger partial charge on any atom is 0.459 e. The third-order valence-electron chi connectivity index (χ3n) is 5.64. The van der Waals surface area contributed by atoms with Crippen LogP contribution < -0.4 is 21.1 Å². The number of nitrogens with one attached hydrogen (secondary N) is 1. The third-order valence-corrected chi connectivity index (χ3v) is 7.28. The number of carbonyl (C=O) groups is 1. The molecule has 0 saturated carbocycles. The van der Waals surface area contributed by atoms with Crippen LogP contribution in [0.4, 0.5) is 16.2 Å². The Morgan fingerprint density at radius 1 is 1.29 bits per heavy atom. The smallest absolute Gasteiger partial charge is 0.459 e. The number of benzene rings is 1. The second-order valence-corrected chi connectivity index (χ2v) is 11.1. The summed E-state index contributed by atoms with van der Waals surface area (Å²) in [5.74, 6) is -0.431. The van der Waals surface area contributed by atoms with Gasteiger partial charge in [0.05, 0.1) is 25.1 Å². The highest BCUT2D eigenvalue weighted by Crippen LogP contribution is 2.48. The van der Waals surface area contributed by atoms with E-state index in [1.54, 1.807) is 44.2 Å².